The van der Waals surface area contributed by atoms with E-state index in [9.17, 15) is 13.2 Å². The average molecular weight is 360 g/mol. The molecule has 0 amide bonds. The van der Waals surface area contributed by atoms with Gasteiger partial charge in [-0.2, -0.15) is 13.2 Å². The fourth-order valence-corrected chi connectivity index (χ4v) is 2.46. The lowest BCUT2D eigenvalue weighted by atomic mass is 10.0. The number of alkyl halides is 3. The van der Waals surface area contributed by atoms with Crippen molar-refractivity contribution in [3.05, 3.63) is 72.2 Å². The van der Waals surface area contributed by atoms with Crippen LogP contribution < -0.4 is 4.74 Å². The average Bonchev–Trinajstić information content (AvgIpc) is 2.63. The zero-order valence-corrected chi connectivity index (χ0v) is 13.8. The van der Waals surface area contributed by atoms with Crippen LogP contribution in [0.4, 0.5) is 13.2 Å². The van der Waals surface area contributed by atoms with Crippen LogP contribution in [0.25, 0.3) is 11.1 Å². The van der Waals surface area contributed by atoms with Gasteiger partial charge in [-0.25, -0.2) is 9.97 Å². The Morgan fingerprint density at radius 2 is 1.69 bits per heavy atom. The smallest absolute Gasteiger partial charge is 0.433 e. The van der Waals surface area contributed by atoms with Crippen molar-refractivity contribution in [1.82, 2.24) is 9.97 Å². The maximum absolute atomic E-state index is 12.6. The van der Waals surface area contributed by atoms with Crippen LogP contribution in [0.5, 0.6) is 11.6 Å². The molecule has 0 aliphatic heterocycles. The SMILES string of the molecule is COCc1ccccc1-c1cccnc1Oc1ccc(C(F)(F)F)nc1. The number of rotatable bonds is 5. The summed E-state index contributed by atoms with van der Waals surface area (Å²) >= 11 is 0. The Morgan fingerprint density at radius 3 is 2.38 bits per heavy atom. The lowest BCUT2D eigenvalue weighted by Crippen LogP contribution is -2.07. The van der Waals surface area contributed by atoms with E-state index >= 15 is 0 Å². The van der Waals surface area contributed by atoms with E-state index in [1.807, 2.05) is 30.3 Å². The van der Waals surface area contributed by atoms with E-state index in [1.54, 1.807) is 19.4 Å². The fourth-order valence-electron chi connectivity index (χ4n) is 2.46. The summed E-state index contributed by atoms with van der Waals surface area (Å²) in [5, 5.41) is 0. The third-order valence-corrected chi connectivity index (χ3v) is 3.62. The monoisotopic (exact) mass is 360 g/mol. The van der Waals surface area contributed by atoms with Crippen molar-refractivity contribution >= 4 is 0 Å². The maximum atomic E-state index is 12.6. The fraction of sp³-hybridized carbons (Fsp3) is 0.158. The Bertz CT molecular complexity index is 880. The molecule has 134 valence electrons. The molecule has 0 N–H and O–H groups in total. The summed E-state index contributed by atoms with van der Waals surface area (Å²) in [6.45, 7) is 0.409. The lowest BCUT2D eigenvalue weighted by molar-refractivity contribution is -0.141. The minimum Gasteiger partial charge on any atom is -0.437 e. The number of nitrogens with zero attached hydrogens (tertiary/aromatic N) is 2. The number of aromatic nitrogens is 2. The van der Waals surface area contributed by atoms with E-state index in [-0.39, 0.29) is 11.6 Å². The summed E-state index contributed by atoms with van der Waals surface area (Å²) in [6, 6.07) is 13.3. The molecule has 0 aliphatic carbocycles. The Hall–Kier alpha value is -2.93. The topological polar surface area (TPSA) is 44.2 Å². The van der Waals surface area contributed by atoms with Gasteiger partial charge in [0.2, 0.25) is 5.88 Å². The van der Waals surface area contributed by atoms with Crippen LogP contribution in [0, 0.1) is 0 Å². The molecule has 0 bridgehead atoms. The van der Waals surface area contributed by atoms with Gasteiger partial charge in [0.25, 0.3) is 0 Å². The first-order chi connectivity index (χ1) is 12.5. The van der Waals surface area contributed by atoms with Crippen molar-refractivity contribution < 1.29 is 22.6 Å². The van der Waals surface area contributed by atoms with Crippen LogP contribution in [0.2, 0.25) is 0 Å². The van der Waals surface area contributed by atoms with Crippen LogP contribution >= 0.6 is 0 Å². The van der Waals surface area contributed by atoms with Gasteiger partial charge in [-0.3, -0.25) is 0 Å². The zero-order valence-electron chi connectivity index (χ0n) is 13.8. The summed E-state index contributed by atoms with van der Waals surface area (Å²) in [4.78, 5) is 7.61. The predicted molar refractivity (Wildman–Crippen MR) is 89.7 cm³/mol. The van der Waals surface area contributed by atoms with Gasteiger partial charge in [0.05, 0.1) is 12.8 Å². The zero-order chi connectivity index (χ0) is 18.6. The van der Waals surface area contributed by atoms with Gasteiger partial charge in [-0.05, 0) is 35.4 Å². The van der Waals surface area contributed by atoms with Crippen molar-refractivity contribution in [3.8, 4) is 22.8 Å². The Labute approximate surface area is 148 Å². The van der Waals surface area contributed by atoms with E-state index in [4.69, 9.17) is 9.47 Å². The van der Waals surface area contributed by atoms with Crippen molar-refractivity contribution in [2.24, 2.45) is 0 Å². The van der Waals surface area contributed by atoms with Crippen LogP contribution in [-0.4, -0.2) is 17.1 Å². The second-order valence-electron chi connectivity index (χ2n) is 5.43. The minimum absolute atomic E-state index is 0.169. The molecule has 0 unspecified atom stereocenters. The Balaban J connectivity index is 1.94. The van der Waals surface area contributed by atoms with Gasteiger partial charge in [-0.1, -0.05) is 24.3 Å². The standard InChI is InChI=1S/C19H15F3N2O2/c1-25-12-13-5-2-3-6-15(13)16-7-4-10-23-18(16)26-14-8-9-17(24-11-14)19(20,21)22/h2-11H,12H2,1H3. The molecular formula is C19H15F3N2O2. The molecule has 0 atom stereocenters. The third kappa shape index (κ3) is 4.00. The number of pyridine rings is 2. The first-order valence-electron chi connectivity index (χ1n) is 7.72. The first-order valence-corrected chi connectivity index (χ1v) is 7.72. The molecule has 26 heavy (non-hydrogen) atoms. The Morgan fingerprint density at radius 1 is 0.923 bits per heavy atom. The number of benzene rings is 1. The molecule has 0 radical (unpaired) electrons. The molecule has 3 aromatic rings. The van der Waals surface area contributed by atoms with Crippen molar-refractivity contribution in [2.75, 3.05) is 7.11 Å². The van der Waals surface area contributed by atoms with E-state index in [0.29, 0.717) is 12.2 Å². The molecule has 0 aliphatic rings. The molecule has 0 spiro atoms. The van der Waals surface area contributed by atoms with Crippen LogP contribution in [0.3, 0.4) is 0 Å². The van der Waals surface area contributed by atoms with Crippen molar-refractivity contribution in [2.45, 2.75) is 12.8 Å². The van der Waals surface area contributed by atoms with Crippen LogP contribution in [0.1, 0.15) is 11.3 Å². The molecule has 4 nitrogen and oxygen atoms in total. The highest BCUT2D eigenvalue weighted by molar-refractivity contribution is 5.72. The minimum atomic E-state index is -4.49. The van der Waals surface area contributed by atoms with Gasteiger partial charge in [0.1, 0.15) is 11.4 Å². The predicted octanol–water partition coefficient (Wildman–Crippen LogP) is 5.10. The number of ether oxygens (including phenoxy) is 2. The summed E-state index contributed by atoms with van der Waals surface area (Å²) in [7, 11) is 1.60. The van der Waals surface area contributed by atoms with Gasteiger partial charge in [0.15, 0.2) is 0 Å². The number of hydrogen-bond acceptors (Lipinski definition) is 4. The molecule has 0 saturated carbocycles. The molecule has 1 aromatic carbocycles. The van der Waals surface area contributed by atoms with E-state index in [2.05, 4.69) is 9.97 Å². The number of halogens is 3. The van der Waals surface area contributed by atoms with Gasteiger partial charge >= 0.3 is 6.18 Å². The van der Waals surface area contributed by atoms with Crippen molar-refractivity contribution in [3.63, 3.8) is 0 Å². The first kappa shape index (κ1) is 17.9. The van der Waals surface area contributed by atoms with E-state index in [1.165, 1.54) is 6.07 Å². The number of methoxy groups -OCH3 is 1. The highest BCUT2D eigenvalue weighted by atomic mass is 19.4. The molecule has 0 fully saturated rings. The van der Waals surface area contributed by atoms with Gasteiger partial charge in [0, 0.05) is 18.9 Å². The van der Waals surface area contributed by atoms with Gasteiger partial charge in [-0.15, -0.1) is 0 Å². The molecule has 7 heteroatoms. The molecule has 0 saturated heterocycles. The Kier molecular flexibility index (Phi) is 5.18. The summed E-state index contributed by atoms with van der Waals surface area (Å²) in [5.41, 5.74) is 1.55. The second-order valence-corrected chi connectivity index (χ2v) is 5.43. The van der Waals surface area contributed by atoms with Crippen molar-refractivity contribution in [1.29, 1.82) is 0 Å². The second kappa shape index (κ2) is 7.53. The maximum Gasteiger partial charge on any atom is 0.433 e. The molecule has 3 rings (SSSR count). The highest BCUT2D eigenvalue weighted by Gasteiger charge is 2.32. The normalized spacial score (nSPS) is 11.4. The largest absolute Gasteiger partial charge is 0.437 e. The molecule has 2 heterocycles. The highest BCUT2D eigenvalue weighted by Crippen LogP contribution is 2.34. The summed E-state index contributed by atoms with van der Waals surface area (Å²) in [5.74, 6) is 0.444. The van der Waals surface area contributed by atoms with Gasteiger partial charge < -0.3 is 9.47 Å². The molecule has 2 aromatic heterocycles. The van der Waals surface area contributed by atoms with Crippen LogP contribution in [-0.2, 0) is 17.5 Å². The summed E-state index contributed by atoms with van der Waals surface area (Å²) < 4.78 is 48.8. The lowest BCUT2D eigenvalue weighted by Gasteiger charge is -2.13. The summed E-state index contributed by atoms with van der Waals surface area (Å²) in [6.07, 6.45) is -1.91. The quantitative estimate of drug-likeness (QED) is 0.635. The molecular weight excluding hydrogens is 345 g/mol. The van der Waals surface area contributed by atoms with E-state index in [0.717, 1.165) is 23.4 Å². The van der Waals surface area contributed by atoms with E-state index < -0.39 is 11.9 Å². The number of hydrogen-bond donors (Lipinski definition) is 0. The third-order valence-electron chi connectivity index (χ3n) is 3.62. The van der Waals surface area contributed by atoms with Crippen LogP contribution in [0.15, 0.2) is 60.9 Å².